The Balaban J connectivity index is 2.97. The molecule has 0 aliphatic rings. The number of rotatable bonds is 5. The highest BCUT2D eigenvalue weighted by molar-refractivity contribution is 6.27. The summed E-state index contributed by atoms with van der Waals surface area (Å²) in [6.45, 7) is 3.66. The number of hydrogen-bond donors (Lipinski definition) is 0. The first-order chi connectivity index (χ1) is 4.31. The molecule has 0 saturated heterocycles. The summed E-state index contributed by atoms with van der Waals surface area (Å²) in [4.78, 5) is 10.5. The highest BCUT2D eigenvalue weighted by atomic mass is 35.5. The second kappa shape index (κ2) is 6.09. The molecule has 9 heavy (non-hydrogen) atoms. The van der Waals surface area contributed by atoms with E-state index in [1.165, 1.54) is 0 Å². The van der Waals surface area contributed by atoms with Gasteiger partial charge in [-0.2, -0.15) is 0 Å². The highest BCUT2D eigenvalue weighted by Gasteiger charge is 1.96. The average molecular weight is 148 g/mol. The lowest BCUT2D eigenvalue weighted by atomic mass is 10.2. The molecule has 1 radical (unpaired) electrons. The lowest BCUT2D eigenvalue weighted by Crippen LogP contribution is -1.97. The van der Waals surface area contributed by atoms with E-state index in [2.05, 4.69) is 6.92 Å². The largest absolute Gasteiger partial charge is 0.298 e. The topological polar surface area (TPSA) is 17.1 Å². The smallest absolute Gasteiger partial charge is 0.147 e. The zero-order chi connectivity index (χ0) is 7.11. The minimum absolute atomic E-state index is 0.144. The molecule has 0 aliphatic carbocycles. The first-order valence-electron chi connectivity index (χ1n) is 3.18. The normalized spacial score (nSPS) is 9.56. The zero-order valence-electron chi connectivity index (χ0n) is 5.53. The van der Waals surface area contributed by atoms with Crippen LogP contribution in [0.25, 0.3) is 0 Å². The van der Waals surface area contributed by atoms with Crippen molar-refractivity contribution in [2.24, 2.45) is 0 Å². The molecule has 0 aromatic heterocycles. The molecule has 0 rings (SSSR count). The lowest BCUT2D eigenvalue weighted by molar-refractivity contribution is -0.116. The summed E-state index contributed by atoms with van der Waals surface area (Å²) in [5, 5.41) is 0. The van der Waals surface area contributed by atoms with Gasteiger partial charge in [0.1, 0.15) is 5.78 Å². The quantitative estimate of drug-likeness (QED) is 0.431. The predicted molar refractivity (Wildman–Crippen MR) is 39.6 cm³/mol. The number of Topliss-reactive ketones (excluding diaryl/α,β-unsaturated/α-hetero) is 1. The molecule has 0 aromatic carbocycles. The lowest BCUT2D eigenvalue weighted by Gasteiger charge is -1.93. The Morgan fingerprint density at radius 1 is 1.44 bits per heavy atom. The van der Waals surface area contributed by atoms with Gasteiger partial charge in [0, 0.05) is 6.42 Å². The van der Waals surface area contributed by atoms with Gasteiger partial charge < -0.3 is 0 Å². The predicted octanol–water partition coefficient (Wildman–Crippen LogP) is 2.19. The van der Waals surface area contributed by atoms with Crippen LogP contribution in [0.4, 0.5) is 0 Å². The molecule has 0 saturated carbocycles. The van der Waals surface area contributed by atoms with Gasteiger partial charge in [0.05, 0.1) is 5.88 Å². The number of carbonyl (C=O) groups excluding carboxylic acids is 1. The molecule has 0 heterocycles. The first-order valence-corrected chi connectivity index (χ1v) is 3.71. The molecule has 0 unspecified atom stereocenters. The van der Waals surface area contributed by atoms with Crippen LogP contribution < -0.4 is 0 Å². The van der Waals surface area contributed by atoms with Gasteiger partial charge >= 0.3 is 0 Å². The Morgan fingerprint density at radius 3 is 2.56 bits per heavy atom. The monoisotopic (exact) mass is 147 g/mol. The number of unbranched alkanes of at least 4 members (excludes halogenated alkanes) is 2. The molecule has 0 amide bonds. The number of halogens is 1. The fraction of sp³-hybridized carbons (Fsp3) is 0.714. The van der Waals surface area contributed by atoms with E-state index in [-0.39, 0.29) is 11.7 Å². The minimum Gasteiger partial charge on any atom is -0.298 e. The van der Waals surface area contributed by atoms with Crippen LogP contribution in [0.1, 0.15) is 25.7 Å². The number of carbonyl (C=O) groups is 1. The standard InChI is InChI=1S/C7H12ClO/c1-2-3-4-5-7(9)6-8/h1-6H2. The van der Waals surface area contributed by atoms with Crippen LogP contribution in [0.3, 0.4) is 0 Å². The van der Waals surface area contributed by atoms with Crippen molar-refractivity contribution in [3.63, 3.8) is 0 Å². The molecule has 0 aliphatic heterocycles. The van der Waals surface area contributed by atoms with Gasteiger partial charge in [-0.15, -0.1) is 11.6 Å². The van der Waals surface area contributed by atoms with E-state index in [0.29, 0.717) is 6.42 Å². The molecule has 2 heteroatoms. The molecule has 0 atom stereocenters. The maximum Gasteiger partial charge on any atom is 0.147 e. The van der Waals surface area contributed by atoms with E-state index in [1.54, 1.807) is 0 Å². The molecule has 0 N–H and O–H groups in total. The van der Waals surface area contributed by atoms with Crippen molar-refractivity contribution in [2.45, 2.75) is 25.7 Å². The van der Waals surface area contributed by atoms with Gasteiger partial charge in [-0.05, 0) is 6.42 Å². The summed E-state index contributed by atoms with van der Waals surface area (Å²) in [6, 6.07) is 0. The Kier molecular flexibility index (Phi) is 6.06. The third-order valence-corrected chi connectivity index (χ3v) is 1.40. The number of hydrogen-bond acceptors (Lipinski definition) is 1. The third kappa shape index (κ3) is 5.84. The summed E-state index contributed by atoms with van der Waals surface area (Å²) >= 11 is 5.27. The van der Waals surface area contributed by atoms with Crippen molar-refractivity contribution in [3.8, 4) is 0 Å². The van der Waals surface area contributed by atoms with E-state index in [4.69, 9.17) is 11.6 Å². The maximum absolute atomic E-state index is 10.5. The van der Waals surface area contributed by atoms with Crippen LogP contribution in [-0.4, -0.2) is 11.7 Å². The molecule has 0 bridgehead atoms. The zero-order valence-corrected chi connectivity index (χ0v) is 6.28. The van der Waals surface area contributed by atoms with E-state index >= 15 is 0 Å². The van der Waals surface area contributed by atoms with Crippen LogP contribution in [0.15, 0.2) is 0 Å². The van der Waals surface area contributed by atoms with Gasteiger partial charge in [-0.1, -0.05) is 19.8 Å². The van der Waals surface area contributed by atoms with Crippen LogP contribution >= 0.6 is 11.6 Å². The van der Waals surface area contributed by atoms with Crippen molar-refractivity contribution < 1.29 is 4.79 Å². The highest BCUT2D eigenvalue weighted by Crippen LogP contribution is 1.99. The van der Waals surface area contributed by atoms with Gasteiger partial charge in [-0.3, -0.25) is 4.79 Å². The Morgan fingerprint density at radius 2 is 2.11 bits per heavy atom. The Labute approximate surface area is 61.4 Å². The van der Waals surface area contributed by atoms with Crippen molar-refractivity contribution in [2.75, 3.05) is 5.88 Å². The van der Waals surface area contributed by atoms with Gasteiger partial charge in [0.2, 0.25) is 0 Å². The second-order valence-electron chi connectivity index (χ2n) is 1.98. The van der Waals surface area contributed by atoms with Gasteiger partial charge in [0.25, 0.3) is 0 Å². The average Bonchev–Trinajstić information content (AvgIpc) is 1.89. The van der Waals surface area contributed by atoms with Crippen LogP contribution in [-0.2, 0) is 4.79 Å². The molecular formula is C7H12ClO. The van der Waals surface area contributed by atoms with E-state index in [1.807, 2.05) is 0 Å². The molecule has 0 aromatic rings. The number of ketones is 1. The van der Waals surface area contributed by atoms with E-state index in [0.717, 1.165) is 19.3 Å². The number of alkyl halides is 1. The first kappa shape index (κ1) is 8.96. The summed E-state index contributed by atoms with van der Waals surface area (Å²) in [5.74, 6) is 0.307. The van der Waals surface area contributed by atoms with Crippen LogP contribution in [0.5, 0.6) is 0 Å². The summed E-state index contributed by atoms with van der Waals surface area (Å²) in [6.07, 6.45) is 3.51. The van der Waals surface area contributed by atoms with Gasteiger partial charge in [-0.25, -0.2) is 0 Å². The summed E-state index contributed by atoms with van der Waals surface area (Å²) in [5.41, 5.74) is 0. The van der Waals surface area contributed by atoms with E-state index < -0.39 is 0 Å². The molecule has 53 valence electrons. The van der Waals surface area contributed by atoms with Crippen LogP contribution in [0, 0.1) is 6.92 Å². The third-order valence-electron chi connectivity index (χ3n) is 1.10. The van der Waals surface area contributed by atoms with E-state index in [9.17, 15) is 4.79 Å². The van der Waals surface area contributed by atoms with Gasteiger partial charge in [0.15, 0.2) is 0 Å². The van der Waals surface area contributed by atoms with Crippen molar-refractivity contribution >= 4 is 17.4 Å². The van der Waals surface area contributed by atoms with Crippen LogP contribution in [0.2, 0.25) is 0 Å². The second-order valence-corrected chi connectivity index (χ2v) is 2.25. The van der Waals surface area contributed by atoms with Crippen molar-refractivity contribution in [3.05, 3.63) is 6.92 Å². The summed E-state index contributed by atoms with van der Waals surface area (Å²) in [7, 11) is 0. The minimum atomic E-state index is 0.144. The molecule has 0 fully saturated rings. The maximum atomic E-state index is 10.5. The Bertz CT molecular complexity index is 81.0. The molecule has 0 spiro atoms. The SMILES string of the molecule is [CH2]CCCCC(=O)CCl. The fourth-order valence-electron chi connectivity index (χ4n) is 0.566. The van der Waals surface area contributed by atoms with Crippen molar-refractivity contribution in [1.82, 2.24) is 0 Å². The molecule has 1 nitrogen and oxygen atoms in total. The Hall–Kier alpha value is -0.0400. The van der Waals surface area contributed by atoms with Crippen molar-refractivity contribution in [1.29, 1.82) is 0 Å². The fourth-order valence-corrected chi connectivity index (χ4v) is 0.699. The molecular weight excluding hydrogens is 136 g/mol. The summed E-state index contributed by atoms with van der Waals surface area (Å²) < 4.78 is 0.